The molecule has 1 aromatic heterocycles. The minimum Gasteiger partial charge on any atom is -0.487 e. The second-order valence-corrected chi connectivity index (χ2v) is 6.79. The Balaban J connectivity index is 0.00000320. The zero-order chi connectivity index (χ0) is 20.3. The molecule has 0 aliphatic rings. The highest BCUT2D eigenvalue weighted by Crippen LogP contribution is 2.13. The van der Waals surface area contributed by atoms with Gasteiger partial charge in [-0.2, -0.15) is 0 Å². The van der Waals surface area contributed by atoms with Gasteiger partial charge in [0.2, 0.25) is 0 Å². The lowest BCUT2D eigenvalue weighted by Crippen LogP contribution is -2.36. The van der Waals surface area contributed by atoms with E-state index in [0.717, 1.165) is 29.5 Å². The number of guanidine groups is 1. The van der Waals surface area contributed by atoms with Crippen LogP contribution in [0.5, 0.6) is 5.75 Å². The maximum atomic E-state index is 5.79. The Morgan fingerprint density at radius 3 is 2.50 bits per heavy atom. The second kappa shape index (κ2) is 12.8. The number of nitrogens with one attached hydrogen (secondary N) is 2. The Morgan fingerprint density at radius 1 is 0.967 bits per heavy atom. The van der Waals surface area contributed by atoms with Crippen LogP contribution in [-0.4, -0.2) is 17.5 Å². The van der Waals surface area contributed by atoms with E-state index in [1.165, 1.54) is 11.1 Å². The summed E-state index contributed by atoms with van der Waals surface area (Å²) in [5.41, 5.74) is 4.53. The summed E-state index contributed by atoms with van der Waals surface area (Å²) < 4.78 is 5.79. The molecule has 0 saturated carbocycles. The summed E-state index contributed by atoms with van der Waals surface area (Å²) >= 11 is 0. The maximum Gasteiger partial charge on any atom is 0.191 e. The number of aliphatic imine (C=N–C) groups is 1. The Kier molecular flexibility index (Phi) is 10.1. The highest BCUT2D eigenvalue weighted by atomic mass is 127. The van der Waals surface area contributed by atoms with Gasteiger partial charge in [0.1, 0.15) is 12.4 Å². The van der Waals surface area contributed by atoms with E-state index >= 15 is 0 Å². The molecule has 0 saturated heterocycles. The normalized spacial score (nSPS) is 10.8. The molecule has 3 aromatic rings. The van der Waals surface area contributed by atoms with Gasteiger partial charge in [-0.05, 0) is 49.2 Å². The fraction of sp³-hybridized carbons (Fsp3) is 0.250. The van der Waals surface area contributed by atoms with Crippen LogP contribution in [0.2, 0.25) is 0 Å². The zero-order valence-electron chi connectivity index (χ0n) is 17.5. The molecule has 0 aliphatic heterocycles. The number of benzene rings is 2. The molecule has 0 amide bonds. The van der Waals surface area contributed by atoms with Crippen LogP contribution in [0.3, 0.4) is 0 Å². The van der Waals surface area contributed by atoms with E-state index in [1.807, 2.05) is 30.3 Å². The van der Waals surface area contributed by atoms with Crippen molar-refractivity contribution < 1.29 is 4.74 Å². The fourth-order valence-corrected chi connectivity index (χ4v) is 2.85. The predicted octanol–water partition coefficient (Wildman–Crippen LogP) is 4.84. The van der Waals surface area contributed by atoms with Crippen LogP contribution in [0.1, 0.15) is 29.3 Å². The van der Waals surface area contributed by atoms with Gasteiger partial charge in [0.15, 0.2) is 5.96 Å². The van der Waals surface area contributed by atoms with E-state index in [4.69, 9.17) is 4.74 Å². The minimum atomic E-state index is 0. The van der Waals surface area contributed by atoms with E-state index in [-0.39, 0.29) is 24.0 Å². The first-order valence-corrected chi connectivity index (χ1v) is 9.92. The molecule has 0 spiro atoms. The van der Waals surface area contributed by atoms with Crippen molar-refractivity contribution in [2.75, 3.05) is 6.54 Å². The van der Waals surface area contributed by atoms with E-state index in [9.17, 15) is 0 Å². The van der Waals surface area contributed by atoms with Crippen LogP contribution >= 0.6 is 24.0 Å². The van der Waals surface area contributed by atoms with Gasteiger partial charge >= 0.3 is 0 Å². The Morgan fingerprint density at radius 2 is 1.80 bits per heavy atom. The van der Waals surface area contributed by atoms with Gasteiger partial charge in [0, 0.05) is 19.3 Å². The van der Waals surface area contributed by atoms with Gasteiger partial charge in [-0.25, -0.2) is 4.99 Å². The van der Waals surface area contributed by atoms with Gasteiger partial charge in [-0.3, -0.25) is 4.98 Å². The molecule has 2 aromatic carbocycles. The molecule has 0 aliphatic carbocycles. The SMILES string of the molecule is CCNC(=NCc1cccc(C)c1)NCc1ccc(OCc2ccccn2)cc1.I. The molecule has 30 heavy (non-hydrogen) atoms. The van der Waals surface area contributed by atoms with Crippen LogP contribution in [0.25, 0.3) is 0 Å². The summed E-state index contributed by atoms with van der Waals surface area (Å²) in [6.07, 6.45) is 1.77. The number of hydrogen-bond acceptors (Lipinski definition) is 3. The number of rotatable bonds is 8. The molecule has 0 atom stereocenters. The number of nitrogens with zero attached hydrogens (tertiary/aromatic N) is 2. The van der Waals surface area contributed by atoms with Crippen molar-refractivity contribution in [1.82, 2.24) is 15.6 Å². The Bertz CT molecular complexity index is 914. The third kappa shape index (κ3) is 8.02. The van der Waals surface area contributed by atoms with Crippen molar-refractivity contribution in [2.45, 2.75) is 33.5 Å². The molecule has 0 fully saturated rings. The third-order valence-electron chi connectivity index (χ3n) is 4.34. The molecule has 0 radical (unpaired) electrons. The molecule has 1 heterocycles. The van der Waals surface area contributed by atoms with Gasteiger partial charge in [0.25, 0.3) is 0 Å². The Hall–Kier alpha value is -2.61. The average molecular weight is 516 g/mol. The summed E-state index contributed by atoms with van der Waals surface area (Å²) in [5, 5.41) is 6.68. The van der Waals surface area contributed by atoms with Gasteiger partial charge < -0.3 is 15.4 Å². The predicted molar refractivity (Wildman–Crippen MR) is 133 cm³/mol. The monoisotopic (exact) mass is 516 g/mol. The number of pyridine rings is 1. The van der Waals surface area contributed by atoms with E-state index in [1.54, 1.807) is 6.20 Å². The molecule has 158 valence electrons. The van der Waals surface area contributed by atoms with Gasteiger partial charge in [-0.15, -0.1) is 24.0 Å². The minimum absolute atomic E-state index is 0. The quantitative estimate of drug-likeness (QED) is 0.256. The summed E-state index contributed by atoms with van der Waals surface area (Å²) in [6.45, 7) is 6.80. The van der Waals surface area contributed by atoms with Gasteiger partial charge in [-0.1, -0.05) is 48.0 Å². The third-order valence-corrected chi connectivity index (χ3v) is 4.34. The topological polar surface area (TPSA) is 58.5 Å². The van der Waals surface area contributed by atoms with Crippen molar-refractivity contribution in [3.05, 3.63) is 95.3 Å². The molecular weight excluding hydrogens is 487 g/mol. The van der Waals surface area contributed by atoms with Crippen LogP contribution in [0.15, 0.2) is 77.9 Å². The number of halogens is 1. The van der Waals surface area contributed by atoms with Crippen molar-refractivity contribution in [3.63, 3.8) is 0 Å². The average Bonchev–Trinajstić information content (AvgIpc) is 2.76. The number of hydrogen-bond donors (Lipinski definition) is 2. The lowest BCUT2D eigenvalue weighted by Gasteiger charge is -2.12. The maximum absolute atomic E-state index is 5.79. The second-order valence-electron chi connectivity index (χ2n) is 6.79. The molecule has 3 rings (SSSR count). The van der Waals surface area contributed by atoms with E-state index in [2.05, 4.69) is 70.9 Å². The standard InChI is InChI=1S/C24H28N4O.HI/c1-3-25-24(28-17-21-8-6-7-19(2)15-21)27-16-20-10-12-23(13-11-20)29-18-22-9-4-5-14-26-22;/h4-15H,3,16-18H2,1-2H3,(H2,25,27,28);1H. The molecular formula is C24H29IN4O. The van der Waals surface area contributed by atoms with Crippen LogP contribution in [-0.2, 0) is 19.7 Å². The number of aryl methyl sites for hydroxylation is 1. The first-order chi connectivity index (χ1) is 14.2. The number of ether oxygens (including phenoxy) is 1. The van der Waals surface area contributed by atoms with Crippen molar-refractivity contribution in [3.8, 4) is 5.75 Å². The first-order valence-electron chi connectivity index (χ1n) is 9.92. The lowest BCUT2D eigenvalue weighted by molar-refractivity contribution is 0.301. The van der Waals surface area contributed by atoms with E-state index < -0.39 is 0 Å². The summed E-state index contributed by atoms with van der Waals surface area (Å²) in [6, 6.07) is 22.3. The first kappa shape index (κ1) is 23.7. The van der Waals surface area contributed by atoms with Crippen LogP contribution in [0.4, 0.5) is 0 Å². The highest BCUT2D eigenvalue weighted by molar-refractivity contribution is 14.0. The Labute approximate surface area is 196 Å². The van der Waals surface area contributed by atoms with E-state index in [0.29, 0.717) is 19.7 Å². The fourth-order valence-electron chi connectivity index (χ4n) is 2.85. The van der Waals surface area contributed by atoms with Crippen molar-refractivity contribution in [2.24, 2.45) is 4.99 Å². The lowest BCUT2D eigenvalue weighted by atomic mass is 10.1. The molecule has 5 nitrogen and oxygen atoms in total. The largest absolute Gasteiger partial charge is 0.487 e. The van der Waals surface area contributed by atoms with Crippen LogP contribution in [0, 0.1) is 6.92 Å². The summed E-state index contributed by atoms with van der Waals surface area (Å²) in [5.74, 6) is 1.64. The van der Waals surface area contributed by atoms with Crippen molar-refractivity contribution >= 4 is 29.9 Å². The van der Waals surface area contributed by atoms with Gasteiger partial charge in [0.05, 0.1) is 12.2 Å². The molecule has 2 N–H and O–H groups in total. The van der Waals surface area contributed by atoms with Crippen molar-refractivity contribution in [1.29, 1.82) is 0 Å². The highest BCUT2D eigenvalue weighted by Gasteiger charge is 2.01. The smallest absolute Gasteiger partial charge is 0.191 e. The van der Waals surface area contributed by atoms with Crippen LogP contribution < -0.4 is 15.4 Å². The summed E-state index contributed by atoms with van der Waals surface area (Å²) in [7, 11) is 0. The molecule has 6 heteroatoms. The molecule has 0 bridgehead atoms. The summed E-state index contributed by atoms with van der Waals surface area (Å²) in [4.78, 5) is 8.95. The number of aromatic nitrogens is 1. The molecule has 0 unspecified atom stereocenters. The zero-order valence-corrected chi connectivity index (χ0v) is 19.8.